The molecule has 0 spiro atoms. The Labute approximate surface area is 174 Å². The highest BCUT2D eigenvalue weighted by atomic mass is 35.5. The van der Waals surface area contributed by atoms with Crippen molar-refractivity contribution in [1.82, 2.24) is 5.43 Å². The lowest BCUT2D eigenvalue weighted by Crippen LogP contribution is -2.24. The maximum absolute atomic E-state index is 11.9. The lowest BCUT2D eigenvalue weighted by molar-refractivity contribution is -0.126. The van der Waals surface area contributed by atoms with Crippen LogP contribution in [0.25, 0.3) is 0 Å². The minimum atomic E-state index is -0.535. The lowest BCUT2D eigenvalue weighted by Gasteiger charge is -2.20. The van der Waals surface area contributed by atoms with Crippen molar-refractivity contribution in [1.29, 1.82) is 0 Å². The summed E-state index contributed by atoms with van der Waals surface area (Å²) in [5, 5.41) is 6.97. The van der Waals surface area contributed by atoms with Gasteiger partial charge in [0.1, 0.15) is 6.42 Å². The van der Waals surface area contributed by atoms with Crippen molar-refractivity contribution in [2.45, 2.75) is 20.3 Å². The molecule has 0 radical (unpaired) electrons. The Kier molecular flexibility index (Phi) is 8.29. The number of hydrogen-bond acceptors (Lipinski definition) is 4. The van der Waals surface area contributed by atoms with Gasteiger partial charge in [-0.05, 0) is 43.7 Å². The fraction of sp³-hybridized carbons (Fsp3) is 0.250. The Hall–Kier alpha value is -2.57. The average molecular weight is 421 g/mol. The van der Waals surface area contributed by atoms with Crippen LogP contribution in [0.15, 0.2) is 47.6 Å². The number of amides is 2. The quantitative estimate of drug-likeness (QED) is 0.379. The van der Waals surface area contributed by atoms with Gasteiger partial charge in [-0.1, -0.05) is 41.4 Å². The van der Waals surface area contributed by atoms with Gasteiger partial charge in [0.2, 0.25) is 11.8 Å². The Morgan fingerprint density at radius 3 is 2.36 bits per heavy atom. The van der Waals surface area contributed by atoms with Crippen LogP contribution in [-0.2, 0) is 9.59 Å². The van der Waals surface area contributed by atoms with E-state index in [2.05, 4.69) is 34.6 Å². The second-order valence-corrected chi connectivity index (χ2v) is 6.67. The first-order valence-electron chi connectivity index (χ1n) is 8.85. The number of nitrogens with one attached hydrogen (secondary N) is 2. The van der Waals surface area contributed by atoms with Crippen molar-refractivity contribution in [2.24, 2.45) is 5.10 Å². The van der Waals surface area contributed by atoms with Crippen LogP contribution < -0.4 is 15.6 Å². The van der Waals surface area contributed by atoms with Gasteiger partial charge in [0, 0.05) is 18.8 Å². The highest BCUT2D eigenvalue weighted by Gasteiger charge is 2.12. The van der Waals surface area contributed by atoms with E-state index in [1.807, 2.05) is 24.3 Å². The number of carbonyl (C=O) groups excluding carboxylic acids is 2. The molecule has 2 N–H and O–H groups in total. The van der Waals surface area contributed by atoms with E-state index >= 15 is 0 Å². The number of hydrazone groups is 1. The van der Waals surface area contributed by atoms with Gasteiger partial charge in [0.15, 0.2) is 0 Å². The number of carbonyl (C=O) groups is 2. The largest absolute Gasteiger partial charge is 0.372 e. The second-order valence-electron chi connectivity index (χ2n) is 5.88. The Morgan fingerprint density at radius 1 is 1.04 bits per heavy atom. The van der Waals surface area contributed by atoms with Crippen LogP contribution in [0.5, 0.6) is 0 Å². The number of halogens is 2. The lowest BCUT2D eigenvalue weighted by atomic mass is 10.2. The molecular weight excluding hydrogens is 399 g/mol. The van der Waals surface area contributed by atoms with E-state index in [-0.39, 0.29) is 11.4 Å². The summed E-state index contributed by atoms with van der Waals surface area (Å²) in [6, 6.07) is 12.7. The molecule has 0 atom stereocenters. The zero-order valence-corrected chi connectivity index (χ0v) is 17.2. The molecule has 0 bridgehead atoms. The molecule has 8 heteroatoms. The van der Waals surface area contributed by atoms with Crippen molar-refractivity contribution in [2.75, 3.05) is 23.3 Å². The number of hydrogen-bond donors (Lipinski definition) is 2. The summed E-state index contributed by atoms with van der Waals surface area (Å²) in [5.41, 5.74) is 4.65. The number of rotatable bonds is 8. The summed E-state index contributed by atoms with van der Waals surface area (Å²) in [6.45, 7) is 6.07. The van der Waals surface area contributed by atoms with E-state index in [1.54, 1.807) is 18.2 Å². The summed E-state index contributed by atoms with van der Waals surface area (Å²) in [4.78, 5) is 26.0. The van der Waals surface area contributed by atoms with Crippen LogP contribution in [-0.4, -0.2) is 31.1 Å². The molecule has 0 fully saturated rings. The van der Waals surface area contributed by atoms with Gasteiger partial charge in [-0.25, -0.2) is 5.43 Å². The summed E-state index contributed by atoms with van der Waals surface area (Å²) < 4.78 is 0. The van der Waals surface area contributed by atoms with Gasteiger partial charge in [-0.2, -0.15) is 5.10 Å². The average Bonchev–Trinajstić information content (AvgIpc) is 2.67. The van der Waals surface area contributed by atoms with E-state index in [1.165, 1.54) is 6.21 Å². The van der Waals surface area contributed by atoms with E-state index in [0.29, 0.717) is 10.7 Å². The molecule has 2 aromatic carbocycles. The Morgan fingerprint density at radius 2 is 1.71 bits per heavy atom. The molecule has 0 aliphatic heterocycles. The van der Waals surface area contributed by atoms with Crippen molar-refractivity contribution in [3.8, 4) is 0 Å². The minimum Gasteiger partial charge on any atom is -0.372 e. The zero-order chi connectivity index (χ0) is 20.5. The molecule has 0 saturated carbocycles. The van der Waals surface area contributed by atoms with Gasteiger partial charge in [-0.15, -0.1) is 0 Å². The van der Waals surface area contributed by atoms with E-state index in [4.69, 9.17) is 23.2 Å². The SMILES string of the molecule is CCN(CC)c1ccc(C=NNC(=O)CC(=O)Nc2cccc(Cl)c2Cl)cc1. The first-order chi connectivity index (χ1) is 13.4. The van der Waals surface area contributed by atoms with Gasteiger partial charge < -0.3 is 10.2 Å². The van der Waals surface area contributed by atoms with Gasteiger partial charge >= 0.3 is 0 Å². The molecule has 0 unspecified atom stereocenters. The Bertz CT molecular complexity index is 850. The monoisotopic (exact) mass is 420 g/mol. The van der Waals surface area contributed by atoms with Crippen LogP contribution >= 0.6 is 23.2 Å². The van der Waals surface area contributed by atoms with Gasteiger partial charge in [0.25, 0.3) is 0 Å². The molecule has 0 heterocycles. The summed E-state index contributed by atoms with van der Waals surface area (Å²) in [7, 11) is 0. The number of nitrogens with zero attached hydrogens (tertiary/aromatic N) is 2. The highest BCUT2D eigenvalue weighted by molar-refractivity contribution is 6.44. The molecule has 6 nitrogen and oxygen atoms in total. The maximum atomic E-state index is 11.9. The fourth-order valence-corrected chi connectivity index (χ4v) is 2.87. The molecule has 0 aromatic heterocycles. The van der Waals surface area contributed by atoms with Crippen molar-refractivity contribution < 1.29 is 9.59 Å². The maximum Gasteiger partial charge on any atom is 0.249 e. The van der Waals surface area contributed by atoms with Crippen molar-refractivity contribution in [3.63, 3.8) is 0 Å². The predicted octanol–water partition coefficient (Wildman–Crippen LogP) is 4.32. The summed E-state index contributed by atoms with van der Waals surface area (Å²) in [6.07, 6.45) is 1.14. The summed E-state index contributed by atoms with van der Waals surface area (Å²) >= 11 is 11.9. The Balaban J connectivity index is 1.84. The molecule has 2 amide bonds. The first kappa shape index (κ1) is 21.7. The normalized spacial score (nSPS) is 10.7. The van der Waals surface area contributed by atoms with Gasteiger partial charge in [-0.3, -0.25) is 9.59 Å². The smallest absolute Gasteiger partial charge is 0.249 e. The van der Waals surface area contributed by atoms with Crippen LogP contribution in [0.2, 0.25) is 10.0 Å². The molecule has 2 rings (SSSR count). The van der Waals surface area contributed by atoms with Crippen LogP contribution in [0.3, 0.4) is 0 Å². The zero-order valence-electron chi connectivity index (χ0n) is 15.7. The van der Waals surface area contributed by atoms with Crippen molar-refractivity contribution >= 4 is 52.6 Å². The molecule has 0 aliphatic rings. The second kappa shape index (κ2) is 10.7. The standard InChI is InChI=1S/C20H22Cl2N4O2/c1-3-26(4-2)15-10-8-14(9-11-15)13-23-25-19(28)12-18(27)24-17-7-5-6-16(21)20(17)22/h5-11,13H,3-4,12H2,1-2H3,(H,24,27)(H,25,28). The highest BCUT2D eigenvalue weighted by Crippen LogP contribution is 2.29. The van der Waals surface area contributed by atoms with E-state index < -0.39 is 11.8 Å². The minimum absolute atomic E-state index is 0.226. The first-order valence-corrected chi connectivity index (χ1v) is 9.61. The summed E-state index contributed by atoms with van der Waals surface area (Å²) in [5.74, 6) is -1.05. The van der Waals surface area contributed by atoms with E-state index in [9.17, 15) is 9.59 Å². The van der Waals surface area contributed by atoms with Crippen LogP contribution in [0.1, 0.15) is 25.8 Å². The number of anilines is 2. The predicted molar refractivity (Wildman–Crippen MR) is 115 cm³/mol. The fourth-order valence-electron chi connectivity index (χ4n) is 2.52. The molecule has 0 aliphatic carbocycles. The number of benzene rings is 2. The third-order valence-electron chi connectivity index (χ3n) is 3.97. The molecular formula is C20H22Cl2N4O2. The van der Waals surface area contributed by atoms with Crippen LogP contribution in [0.4, 0.5) is 11.4 Å². The molecule has 148 valence electrons. The van der Waals surface area contributed by atoms with Crippen LogP contribution in [0, 0.1) is 0 Å². The molecule has 0 saturated heterocycles. The third kappa shape index (κ3) is 6.25. The molecule has 28 heavy (non-hydrogen) atoms. The van der Waals surface area contributed by atoms with Crippen molar-refractivity contribution in [3.05, 3.63) is 58.1 Å². The van der Waals surface area contributed by atoms with E-state index in [0.717, 1.165) is 24.3 Å². The topological polar surface area (TPSA) is 73.8 Å². The molecule has 2 aromatic rings. The third-order valence-corrected chi connectivity index (χ3v) is 4.79. The van der Waals surface area contributed by atoms with Gasteiger partial charge in [0.05, 0.1) is 21.9 Å².